The van der Waals surface area contributed by atoms with Crippen molar-refractivity contribution < 1.29 is 23.9 Å². The number of alkyl carbamates (subject to hydrolysis) is 1. The summed E-state index contributed by atoms with van der Waals surface area (Å²) in [6, 6.07) is 19.7. The fraction of sp³-hybridized carbons (Fsp3) is 0.357. The summed E-state index contributed by atoms with van der Waals surface area (Å²) < 4.78 is 10.3. The summed E-state index contributed by atoms with van der Waals surface area (Å²) in [5.41, 5.74) is 5.34. The number of terminal acetylenes is 1. The van der Waals surface area contributed by atoms with Crippen LogP contribution in [0, 0.1) is 17.8 Å². The molecule has 3 amide bonds. The fourth-order valence-corrected chi connectivity index (χ4v) is 8.66. The summed E-state index contributed by atoms with van der Waals surface area (Å²) in [5, 5.41) is 4.43. The highest BCUT2D eigenvalue weighted by molar-refractivity contribution is 7.99. The summed E-state index contributed by atoms with van der Waals surface area (Å²) in [7, 11) is 1.24. The second-order valence-corrected chi connectivity index (χ2v) is 16.7. The van der Waals surface area contributed by atoms with E-state index in [1.54, 1.807) is 21.6 Å². The van der Waals surface area contributed by atoms with Gasteiger partial charge in [0.15, 0.2) is 6.04 Å². The van der Waals surface area contributed by atoms with Crippen LogP contribution in [0.4, 0.5) is 9.59 Å². The number of aromatic amines is 2. The third-order valence-electron chi connectivity index (χ3n) is 10.5. The van der Waals surface area contributed by atoms with Gasteiger partial charge in [-0.1, -0.05) is 54.5 Å². The molecular weight excluding hydrogens is 715 g/mol. The number of imidazole rings is 2. The molecule has 282 valence electrons. The number of nitrogens with one attached hydrogen (secondary N) is 3. The highest BCUT2D eigenvalue weighted by atomic mass is 32.2. The number of nitrogens with zero attached hydrogens (tertiary/aromatic N) is 4. The predicted octanol–water partition coefficient (Wildman–Crippen LogP) is 7.68. The Morgan fingerprint density at radius 3 is 2.36 bits per heavy atom. The van der Waals surface area contributed by atoms with Crippen molar-refractivity contribution in [3.05, 3.63) is 84.7 Å². The Hall–Kier alpha value is -5.74. The quantitative estimate of drug-likeness (QED) is 0.143. The molecule has 0 radical (unpaired) electrons. The molecule has 1 aliphatic carbocycles. The molecule has 3 aromatic carbocycles. The highest BCUT2D eigenvalue weighted by Crippen LogP contribution is 2.58. The Bertz CT molecular complexity index is 2320. The van der Waals surface area contributed by atoms with Crippen molar-refractivity contribution in [2.24, 2.45) is 5.41 Å². The van der Waals surface area contributed by atoms with E-state index in [-0.39, 0.29) is 28.8 Å². The lowest BCUT2D eigenvalue weighted by molar-refractivity contribution is -0.133. The topological polar surface area (TPSA) is 146 Å². The van der Waals surface area contributed by atoms with Gasteiger partial charge in [-0.15, -0.1) is 18.2 Å². The van der Waals surface area contributed by atoms with E-state index in [1.165, 1.54) is 7.11 Å². The lowest BCUT2D eigenvalue weighted by atomic mass is 9.98. The van der Waals surface area contributed by atoms with Crippen molar-refractivity contribution in [1.82, 2.24) is 35.1 Å². The minimum absolute atomic E-state index is 0.0721. The number of rotatable bonds is 7. The van der Waals surface area contributed by atoms with Crippen molar-refractivity contribution >= 4 is 40.6 Å². The molecular formula is C42H43N7O5S. The monoisotopic (exact) mass is 757 g/mol. The maximum Gasteiger partial charge on any atom is 0.411 e. The first-order valence-corrected chi connectivity index (χ1v) is 19.4. The summed E-state index contributed by atoms with van der Waals surface area (Å²) in [6.45, 7) is 6.81. The molecule has 2 saturated heterocycles. The molecule has 12 nitrogen and oxygen atoms in total. The molecule has 13 heteroatoms. The van der Waals surface area contributed by atoms with Gasteiger partial charge >= 0.3 is 12.2 Å². The zero-order valence-corrected chi connectivity index (χ0v) is 32.0. The van der Waals surface area contributed by atoms with Crippen LogP contribution in [-0.2, 0) is 14.3 Å². The number of likely N-dealkylation sites (tertiary alicyclic amines) is 1. The number of H-pyrrole nitrogens is 2. The first-order valence-electron chi connectivity index (χ1n) is 18.4. The Morgan fingerprint density at radius 1 is 0.982 bits per heavy atom. The van der Waals surface area contributed by atoms with Crippen molar-refractivity contribution in [2.45, 2.75) is 63.1 Å². The van der Waals surface area contributed by atoms with Gasteiger partial charge in [0.2, 0.25) is 0 Å². The number of benzene rings is 3. The number of thioether (sulfide) groups is 1. The van der Waals surface area contributed by atoms with Crippen molar-refractivity contribution in [3.8, 4) is 46.0 Å². The zero-order chi connectivity index (χ0) is 38.5. The molecule has 0 bridgehead atoms. The minimum Gasteiger partial charge on any atom is -0.453 e. The number of carbonyl (C=O) groups excluding carboxylic acids is 3. The molecule has 8 rings (SSSR count). The van der Waals surface area contributed by atoms with Crippen molar-refractivity contribution in [3.63, 3.8) is 0 Å². The normalized spacial score (nSPS) is 19.3. The van der Waals surface area contributed by atoms with Crippen LogP contribution >= 0.6 is 11.8 Å². The average molecular weight is 758 g/mol. The van der Waals surface area contributed by atoms with Gasteiger partial charge in [0, 0.05) is 30.6 Å². The second kappa shape index (κ2) is 14.2. The van der Waals surface area contributed by atoms with E-state index in [0.29, 0.717) is 18.9 Å². The largest absolute Gasteiger partial charge is 0.453 e. The smallest absolute Gasteiger partial charge is 0.411 e. The molecule has 1 spiro atoms. The van der Waals surface area contributed by atoms with Crippen LogP contribution in [0.25, 0.3) is 44.4 Å². The van der Waals surface area contributed by atoms with Gasteiger partial charge in [-0.2, -0.15) is 0 Å². The molecule has 3 N–H and O–H groups in total. The SMILES string of the molecule is C#C[C@H](NC(=O)OC)C(=O)N1CC2(CC2)C[C@H]1c1nc(-c2ccc3cc(-c4ccc(-c5cnc([C@@H]6SCCN6C(=O)OC(C)(C)C)[nH]5)cc4)ccc3c2)c[nH]1. The van der Waals surface area contributed by atoms with E-state index in [4.69, 9.17) is 16.1 Å². The molecule has 0 unspecified atom stereocenters. The number of carbonyl (C=O) groups is 3. The highest BCUT2D eigenvalue weighted by Gasteiger charge is 2.55. The Morgan fingerprint density at radius 2 is 1.67 bits per heavy atom. The predicted molar refractivity (Wildman–Crippen MR) is 212 cm³/mol. The third-order valence-corrected chi connectivity index (χ3v) is 11.7. The van der Waals surface area contributed by atoms with Gasteiger partial charge in [0.05, 0.1) is 30.7 Å². The Labute approximate surface area is 323 Å². The number of ether oxygens (including phenoxy) is 2. The summed E-state index contributed by atoms with van der Waals surface area (Å²) in [6.07, 6.45) is 11.2. The van der Waals surface area contributed by atoms with E-state index in [1.807, 2.05) is 33.2 Å². The number of hydrogen-bond donors (Lipinski definition) is 3. The van der Waals surface area contributed by atoms with Crippen LogP contribution in [0.15, 0.2) is 73.1 Å². The average Bonchev–Trinajstić information content (AvgIpc) is 3.71. The molecule has 1 saturated carbocycles. The van der Waals surface area contributed by atoms with E-state index < -0.39 is 17.7 Å². The first kappa shape index (κ1) is 36.2. The maximum atomic E-state index is 13.5. The van der Waals surface area contributed by atoms with E-state index >= 15 is 0 Å². The van der Waals surface area contributed by atoms with Crippen LogP contribution in [-0.4, -0.2) is 85.4 Å². The molecule has 5 aromatic rings. The van der Waals surface area contributed by atoms with Gasteiger partial charge in [0.1, 0.15) is 22.6 Å². The summed E-state index contributed by atoms with van der Waals surface area (Å²) in [5.74, 6) is 4.32. The molecule has 2 aliphatic heterocycles. The lowest BCUT2D eigenvalue weighted by Gasteiger charge is -2.27. The first-order chi connectivity index (χ1) is 26.4. The van der Waals surface area contributed by atoms with Gasteiger partial charge in [-0.3, -0.25) is 15.0 Å². The van der Waals surface area contributed by atoms with Gasteiger partial charge in [0.25, 0.3) is 5.91 Å². The Kier molecular flexibility index (Phi) is 9.33. The van der Waals surface area contributed by atoms with Gasteiger partial charge < -0.3 is 24.3 Å². The Balaban J connectivity index is 0.959. The number of amides is 3. The molecule has 3 atom stereocenters. The summed E-state index contributed by atoms with van der Waals surface area (Å²) >= 11 is 1.67. The molecule has 55 heavy (non-hydrogen) atoms. The fourth-order valence-electron chi connectivity index (χ4n) is 7.48. The van der Waals surface area contributed by atoms with Crippen molar-refractivity contribution in [1.29, 1.82) is 0 Å². The van der Waals surface area contributed by atoms with Crippen LogP contribution in [0.3, 0.4) is 0 Å². The lowest BCUT2D eigenvalue weighted by Crippen LogP contribution is -2.48. The van der Waals surface area contributed by atoms with Crippen LogP contribution < -0.4 is 5.32 Å². The maximum absolute atomic E-state index is 13.5. The molecule has 2 aromatic heterocycles. The standard InChI is InChI=1S/C42H43N7O5S/c1-6-31(47-39(51)53-5)37(50)49-24-42(15-16-42)21-34(49)35-43-23-33(45-35)30-14-13-28-19-27(11-12-29(28)20-30)25-7-9-26(10-8-25)32-22-44-36(46-32)38-48(17-18-55-38)40(52)54-41(2,3)4/h1,7-14,19-20,22-23,31,34,38H,15-18,21,24H2,2-5H3,(H,43,45)(H,44,46)(H,47,51)/t31-,34-,38-/m0/s1. The molecule has 4 heterocycles. The number of methoxy groups -OCH3 is 1. The van der Waals surface area contributed by atoms with E-state index in [2.05, 4.69) is 91.6 Å². The minimum atomic E-state index is -1.12. The van der Waals surface area contributed by atoms with E-state index in [0.717, 1.165) is 75.3 Å². The van der Waals surface area contributed by atoms with Crippen molar-refractivity contribution in [2.75, 3.05) is 26.0 Å². The van der Waals surface area contributed by atoms with Crippen LogP contribution in [0.5, 0.6) is 0 Å². The molecule has 3 aliphatic rings. The van der Waals surface area contributed by atoms with Crippen LogP contribution in [0.2, 0.25) is 0 Å². The second-order valence-electron chi connectivity index (χ2n) is 15.5. The number of fused-ring (bicyclic) bond motifs is 1. The third kappa shape index (κ3) is 7.38. The summed E-state index contributed by atoms with van der Waals surface area (Å²) in [4.78, 5) is 58.1. The van der Waals surface area contributed by atoms with Crippen LogP contribution in [0.1, 0.15) is 63.1 Å². The van der Waals surface area contributed by atoms with E-state index in [9.17, 15) is 14.4 Å². The zero-order valence-electron chi connectivity index (χ0n) is 31.2. The number of aromatic nitrogens is 4. The van der Waals surface area contributed by atoms with Gasteiger partial charge in [-0.05, 0) is 85.0 Å². The van der Waals surface area contributed by atoms with Gasteiger partial charge in [-0.25, -0.2) is 19.6 Å². The number of hydrogen-bond acceptors (Lipinski definition) is 8. The molecule has 3 fully saturated rings.